The van der Waals surface area contributed by atoms with Crippen LogP contribution < -0.4 is 15.4 Å². The molecule has 8 nitrogen and oxygen atoms in total. The van der Waals surface area contributed by atoms with Gasteiger partial charge in [-0.2, -0.15) is 9.97 Å². The Morgan fingerprint density at radius 1 is 1.09 bits per heavy atom. The van der Waals surface area contributed by atoms with Crippen LogP contribution in [0.2, 0.25) is 0 Å². The summed E-state index contributed by atoms with van der Waals surface area (Å²) in [4.78, 5) is 18.5. The van der Waals surface area contributed by atoms with Crippen LogP contribution in [0.5, 0.6) is 6.01 Å². The Morgan fingerprint density at radius 2 is 1.91 bits per heavy atom. The summed E-state index contributed by atoms with van der Waals surface area (Å²) in [6.45, 7) is 9.37. The third-order valence-corrected chi connectivity index (χ3v) is 5.92. The van der Waals surface area contributed by atoms with Gasteiger partial charge in [-0.1, -0.05) is 24.1 Å². The average Bonchev–Trinajstić information content (AvgIpc) is 2.82. The summed E-state index contributed by atoms with van der Waals surface area (Å²) in [5.41, 5.74) is 9.77. The zero-order chi connectivity index (χ0) is 22.2. The molecule has 0 amide bonds. The number of nitrogens with zero attached hydrogens (tertiary/aromatic N) is 5. The molecular weight excluding hydrogens is 404 g/mol. The predicted octanol–water partition coefficient (Wildman–Crippen LogP) is 2.69. The highest BCUT2D eigenvalue weighted by Crippen LogP contribution is 2.18. The van der Waals surface area contributed by atoms with Gasteiger partial charge in [0.05, 0.1) is 25.5 Å². The molecule has 2 aliphatic rings. The van der Waals surface area contributed by atoms with Gasteiger partial charge in [0.1, 0.15) is 12.4 Å². The van der Waals surface area contributed by atoms with E-state index in [1.165, 1.54) is 24.8 Å². The molecule has 0 spiro atoms. The van der Waals surface area contributed by atoms with Crippen LogP contribution >= 0.6 is 0 Å². The number of nitrogen functional groups attached to an aromatic ring is 1. The summed E-state index contributed by atoms with van der Waals surface area (Å²) in [5.74, 6) is 0.854. The van der Waals surface area contributed by atoms with Crippen molar-refractivity contribution in [3.8, 4) is 6.01 Å². The number of anilines is 2. The van der Waals surface area contributed by atoms with E-state index in [2.05, 4.69) is 37.8 Å². The van der Waals surface area contributed by atoms with Crippen molar-refractivity contribution in [2.45, 2.75) is 32.7 Å². The van der Waals surface area contributed by atoms with E-state index in [1.54, 1.807) is 6.21 Å². The summed E-state index contributed by atoms with van der Waals surface area (Å²) in [5, 5.41) is 0. The number of hydrogen-bond acceptors (Lipinski definition) is 8. The number of aromatic nitrogens is 2. The van der Waals surface area contributed by atoms with Gasteiger partial charge in [0, 0.05) is 37.6 Å². The lowest BCUT2D eigenvalue weighted by Crippen LogP contribution is -2.37. The number of aliphatic imine (C=N–C) groups is 1. The number of ether oxygens (including phenoxy) is 2. The molecule has 2 saturated heterocycles. The van der Waals surface area contributed by atoms with Gasteiger partial charge in [-0.05, 0) is 44.5 Å². The Morgan fingerprint density at radius 3 is 2.72 bits per heavy atom. The predicted molar refractivity (Wildman–Crippen MR) is 128 cm³/mol. The summed E-state index contributed by atoms with van der Waals surface area (Å²) in [6.07, 6.45) is 5.66. The highest BCUT2D eigenvalue weighted by atomic mass is 16.5. The molecule has 2 N–H and O–H groups in total. The monoisotopic (exact) mass is 438 g/mol. The van der Waals surface area contributed by atoms with Gasteiger partial charge in [-0.25, -0.2) is 0 Å². The first-order valence-corrected chi connectivity index (χ1v) is 11.6. The van der Waals surface area contributed by atoms with Crippen molar-refractivity contribution in [1.29, 1.82) is 0 Å². The standard InChI is InChI=1S/C24H34N6O2/c1-19-5-6-22(25)20(15-19)17-26-18-21-16-23(30-10-12-31-13-11-30)28-24(27-21)32-14-9-29-7-3-2-4-8-29/h5-6,15-16,18H,2-4,7-14,17,25H2,1H3. The molecule has 1 aromatic heterocycles. The molecule has 2 aromatic rings. The zero-order valence-electron chi connectivity index (χ0n) is 19.0. The summed E-state index contributed by atoms with van der Waals surface area (Å²) >= 11 is 0. The highest BCUT2D eigenvalue weighted by molar-refractivity contribution is 5.78. The lowest BCUT2D eigenvalue weighted by molar-refractivity contribution is 0.122. The van der Waals surface area contributed by atoms with Gasteiger partial charge >= 0.3 is 6.01 Å². The van der Waals surface area contributed by atoms with Gasteiger partial charge in [-0.15, -0.1) is 0 Å². The van der Waals surface area contributed by atoms with Crippen molar-refractivity contribution in [2.75, 3.05) is 63.2 Å². The second kappa shape index (κ2) is 11.2. The Balaban J connectivity index is 1.45. The quantitative estimate of drug-likeness (QED) is 0.501. The van der Waals surface area contributed by atoms with Crippen LogP contribution in [-0.2, 0) is 11.3 Å². The van der Waals surface area contributed by atoms with Gasteiger partial charge < -0.3 is 20.1 Å². The third-order valence-electron chi connectivity index (χ3n) is 5.92. The molecule has 2 fully saturated rings. The molecule has 0 unspecified atom stereocenters. The topological polar surface area (TPSA) is 89.1 Å². The SMILES string of the molecule is Cc1ccc(N)c(CN=Cc2cc(N3CCOCC3)nc(OCCN3CCCCC3)n2)c1. The minimum Gasteiger partial charge on any atom is -0.462 e. The van der Waals surface area contributed by atoms with Crippen molar-refractivity contribution in [2.24, 2.45) is 4.99 Å². The van der Waals surface area contributed by atoms with E-state index in [-0.39, 0.29) is 0 Å². The van der Waals surface area contributed by atoms with Crippen molar-refractivity contribution in [3.63, 3.8) is 0 Å². The van der Waals surface area contributed by atoms with E-state index in [1.807, 2.05) is 18.2 Å². The maximum atomic E-state index is 6.09. The van der Waals surface area contributed by atoms with E-state index in [9.17, 15) is 0 Å². The van der Waals surface area contributed by atoms with Crippen LogP contribution in [0.1, 0.15) is 36.1 Å². The van der Waals surface area contributed by atoms with Crippen molar-refractivity contribution >= 4 is 17.7 Å². The number of nitrogens with two attached hydrogens (primary N) is 1. The van der Waals surface area contributed by atoms with Gasteiger partial charge in [0.15, 0.2) is 0 Å². The van der Waals surface area contributed by atoms with E-state index >= 15 is 0 Å². The number of morpholine rings is 1. The molecule has 0 saturated carbocycles. The van der Waals surface area contributed by atoms with Crippen LogP contribution in [-0.4, -0.2) is 73.6 Å². The fourth-order valence-corrected chi connectivity index (χ4v) is 4.07. The molecular formula is C24H34N6O2. The Hall–Kier alpha value is -2.71. The molecule has 2 aliphatic heterocycles. The van der Waals surface area contributed by atoms with Crippen molar-refractivity contribution in [1.82, 2.24) is 14.9 Å². The molecule has 0 aliphatic carbocycles. The number of rotatable bonds is 8. The van der Waals surface area contributed by atoms with Crippen LogP contribution in [0.3, 0.4) is 0 Å². The normalized spacial score (nSPS) is 17.7. The first-order chi connectivity index (χ1) is 15.7. The molecule has 32 heavy (non-hydrogen) atoms. The fraction of sp³-hybridized carbons (Fsp3) is 0.542. The minimum absolute atomic E-state index is 0.405. The van der Waals surface area contributed by atoms with E-state index in [0.29, 0.717) is 32.4 Å². The second-order valence-electron chi connectivity index (χ2n) is 8.46. The number of likely N-dealkylation sites (tertiary alicyclic amines) is 1. The van der Waals surface area contributed by atoms with Crippen LogP contribution in [0.4, 0.5) is 11.5 Å². The first-order valence-electron chi connectivity index (χ1n) is 11.6. The minimum atomic E-state index is 0.405. The number of piperidine rings is 1. The summed E-state index contributed by atoms with van der Waals surface area (Å²) in [6, 6.07) is 8.37. The average molecular weight is 439 g/mol. The van der Waals surface area contributed by atoms with E-state index in [0.717, 1.165) is 55.5 Å². The summed E-state index contributed by atoms with van der Waals surface area (Å²) in [7, 11) is 0. The molecule has 0 bridgehead atoms. The van der Waals surface area contributed by atoms with Crippen LogP contribution in [0, 0.1) is 6.92 Å². The van der Waals surface area contributed by atoms with Crippen LogP contribution in [0.15, 0.2) is 29.3 Å². The molecule has 172 valence electrons. The largest absolute Gasteiger partial charge is 0.462 e. The number of benzene rings is 1. The van der Waals surface area contributed by atoms with Gasteiger partial charge in [0.2, 0.25) is 0 Å². The van der Waals surface area contributed by atoms with Crippen LogP contribution in [0.25, 0.3) is 0 Å². The molecule has 3 heterocycles. The van der Waals surface area contributed by atoms with Crippen molar-refractivity contribution in [3.05, 3.63) is 41.1 Å². The Labute approximate surface area is 190 Å². The lowest BCUT2D eigenvalue weighted by Gasteiger charge is -2.28. The zero-order valence-corrected chi connectivity index (χ0v) is 19.0. The number of aryl methyl sites for hydroxylation is 1. The van der Waals surface area contributed by atoms with E-state index < -0.39 is 0 Å². The third kappa shape index (κ3) is 6.40. The second-order valence-corrected chi connectivity index (χ2v) is 8.46. The highest BCUT2D eigenvalue weighted by Gasteiger charge is 2.16. The number of hydrogen-bond donors (Lipinski definition) is 1. The maximum Gasteiger partial charge on any atom is 0.319 e. The van der Waals surface area contributed by atoms with E-state index in [4.69, 9.17) is 15.2 Å². The fourth-order valence-electron chi connectivity index (χ4n) is 4.07. The smallest absolute Gasteiger partial charge is 0.319 e. The van der Waals surface area contributed by atoms with Gasteiger partial charge in [0.25, 0.3) is 0 Å². The summed E-state index contributed by atoms with van der Waals surface area (Å²) < 4.78 is 11.5. The first kappa shape index (κ1) is 22.5. The Bertz CT molecular complexity index is 907. The maximum absolute atomic E-state index is 6.09. The molecule has 0 atom stereocenters. The molecule has 1 aromatic carbocycles. The lowest BCUT2D eigenvalue weighted by atomic mass is 10.1. The molecule has 0 radical (unpaired) electrons. The molecule has 4 rings (SSSR count). The van der Waals surface area contributed by atoms with Crippen molar-refractivity contribution < 1.29 is 9.47 Å². The Kier molecular flexibility index (Phi) is 7.90. The van der Waals surface area contributed by atoms with Gasteiger partial charge in [-0.3, -0.25) is 9.89 Å². The molecule has 8 heteroatoms.